The van der Waals surface area contributed by atoms with Crippen LogP contribution in [0.1, 0.15) is 199 Å². The smallest absolute Gasteiger partial charge is 0.232 e. The average Bonchev–Trinajstić information content (AvgIpc) is 0.756. The molecule has 7 nitrogen and oxygen atoms in total. The highest BCUT2D eigenvalue weighted by molar-refractivity contribution is 5.99. The van der Waals surface area contributed by atoms with E-state index in [1.54, 1.807) is 6.07 Å². The molecule has 1 unspecified atom stereocenters. The molecule has 0 amide bonds. The normalized spacial score (nSPS) is 12.8. The van der Waals surface area contributed by atoms with Gasteiger partial charge in [0.15, 0.2) is 36.5 Å². The van der Waals surface area contributed by atoms with E-state index in [9.17, 15) is 0 Å². The van der Waals surface area contributed by atoms with Crippen LogP contribution in [0.5, 0.6) is 0 Å². The van der Waals surface area contributed by atoms with Crippen LogP contribution in [0.15, 0.2) is 262 Å². The van der Waals surface area contributed by atoms with Crippen LogP contribution in [0.4, 0.5) is 0 Å². The minimum absolute atomic E-state index is 0.0686. The van der Waals surface area contributed by atoms with E-state index < -0.39 is 25.0 Å². The molecule has 0 N–H and O–H groups in total. The SMILES string of the molecule is Cc1cc(C)c(C)c(-c2c3ccc(CC(C)C)cc3cc[n+]2C)c1.Cc1cc(C)c(C)c(-c2c3ccccc3cc[n+]2C)c1.Cc1cc(C)c(C)c(-c2c3ccccc3nc[n+]2C)c1.[2H]C(C)(C)c1ccc2c(-c3cc(C)cc(C)c3C)[n+](C)ccc2c1.[2H]C([2H])([2H])C([2H])(C)c1ccc2c(-c3cc(C)cc(C)c3C)[n+](C)ccc2c1.[2H]C([2H])(c1ccc2c(-c3cc(C)cc(C)c3C)[n+](C)ccc2c1)C(C)C. The number of pyridine rings is 5. The number of aryl methyl sites for hydroxylation is 18. The summed E-state index contributed by atoms with van der Waals surface area (Å²) in [5.41, 5.74) is 43.4. The summed E-state index contributed by atoms with van der Waals surface area (Å²) in [6.45, 7) is 50.4. The number of para-hydroxylation sites is 1. The maximum absolute atomic E-state index is 8.41. The van der Waals surface area contributed by atoms with Gasteiger partial charge in [-0.15, -0.1) is 0 Å². The molecule has 0 spiro atoms. The Morgan fingerprint density at radius 1 is 0.269 bits per heavy atom. The zero-order chi connectivity index (χ0) is 103. The Labute approximate surface area is 812 Å². The van der Waals surface area contributed by atoms with Crippen molar-refractivity contribution in [3.05, 3.63) is 384 Å². The lowest BCUT2D eigenvalue weighted by atomic mass is 9.93. The van der Waals surface area contributed by atoms with E-state index in [0.717, 1.165) is 50.3 Å². The molecule has 0 bridgehead atoms. The van der Waals surface area contributed by atoms with E-state index in [1.165, 1.54) is 212 Å². The fourth-order valence-electron chi connectivity index (χ4n) is 19.3. The van der Waals surface area contributed by atoms with Gasteiger partial charge in [-0.2, -0.15) is 0 Å². The zero-order valence-corrected chi connectivity index (χ0v) is 85.8. The van der Waals surface area contributed by atoms with Gasteiger partial charge in [0.2, 0.25) is 28.5 Å². The quantitative estimate of drug-likeness (QED) is 0.112. The molecule has 1 atom stereocenters. The Hall–Kier alpha value is -13.0. The first-order chi connectivity index (χ1) is 66.2. The Kier molecular flexibility index (Phi) is 27.9. The topological polar surface area (TPSA) is 36.2 Å². The van der Waals surface area contributed by atoms with Crippen LogP contribution >= 0.6 is 0 Å². The molecule has 0 aliphatic carbocycles. The van der Waals surface area contributed by atoms with Gasteiger partial charge < -0.3 is 0 Å². The summed E-state index contributed by atoms with van der Waals surface area (Å²) in [6, 6.07) is 79.6. The lowest BCUT2D eigenvalue weighted by Crippen LogP contribution is -2.31. The highest BCUT2D eigenvalue weighted by Gasteiger charge is 2.27. The molecule has 7 heteroatoms. The van der Waals surface area contributed by atoms with Gasteiger partial charge >= 0.3 is 0 Å². The first-order valence-corrected chi connectivity index (χ1v) is 47.6. The standard InChI is InChI=1S/2C23H28N.2C22H26N.C19H20N.C18H19N2/c2*1-15(2)11-19-7-8-21-20(14-19)9-10-24(6)23(21)22-13-16(3)12-17(4)18(22)5;2*1-14(2)18-7-8-20-19(13-18)9-10-23(6)22(20)21-12-15(3)11-16(4)17(21)5;1-13-11-14(2)15(3)18(12-13)19-17-8-6-5-7-16(17)9-10-20(19)4;1-12-9-13(2)14(3)16(10-12)18-15-7-5-6-8-17(15)19-11-20(18)4/h2*7-10,12-15H,11H2,1-6H3;2*7-14H,1-6H3;5-12H,1-4H3;5-11H,1-4H3/q6*+1/i11D2;;1D3,14D;14D;;. The van der Waals surface area contributed by atoms with Crippen molar-refractivity contribution in [1.29, 1.82) is 0 Å². The maximum Gasteiger partial charge on any atom is 0.287 e. The number of hydrogen-bond acceptors (Lipinski definition) is 1. The second kappa shape index (κ2) is 42.1. The average molecular weight is 1780 g/mol. The maximum atomic E-state index is 8.41. The van der Waals surface area contributed by atoms with Gasteiger partial charge in [-0.3, -0.25) is 0 Å². The van der Waals surface area contributed by atoms with Crippen LogP contribution in [0.25, 0.3) is 132 Å². The minimum Gasteiger partial charge on any atom is -0.232 e. The molecule has 18 rings (SSSR count). The van der Waals surface area contributed by atoms with E-state index in [2.05, 4.69) is 413 Å². The van der Waals surface area contributed by atoms with Crippen molar-refractivity contribution < 1.29 is 37.0 Å². The van der Waals surface area contributed by atoms with Crippen LogP contribution in [0, 0.1) is 136 Å². The van der Waals surface area contributed by atoms with E-state index in [4.69, 9.17) is 9.60 Å². The van der Waals surface area contributed by atoms with Crippen molar-refractivity contribution in [2.75, 3.05) is 0 Å². The highest BCUT2D eigenvalue weighted by atomic mass is 15.0. The molecule has 0 fully saturated rings. The lowest BCUT2D eigenvalue weighted by Gasteiger charge is -2.12. The first-order valence-electron chi connectivity index (χ1n) is 51.1. The molecule has 18 aromatic rings. The molecule has 12 aromatic carbocycles. The van der Waals surface area contributed by atoms with Crippen molar-refractivity contribution in [2.24, 2.45) is 54.1 Å². The zero-order valence-electron chi connectivity index (χ0n) is 92.8. The summed E-state index contributed by atoms with van der Waals surface area (Å²) < 4.78 is 69.7. The number of fused-ring (bicyclic) bond motifs is 6. The number of rotatable bonds is 12. The van der Waals surface area contributed by atoms with Crippen LogP contribution in [0.2, 0.25) is 0 Å². The van der Waals surface area contributed by atoms with Crippen LogP contribution < -0.4 is 27.4 Å². The Bertz CT molecular complexity index is 7700. The van der Waals surface area contributed by atoms with Gasteiger partial charge in [0.05, 0.1) is 67.2 Å². The van der Waals surface area contributed by atoms with Crippen LogP contribution in [0.3, 0.4) is 0 Å². The van der Waals surface area contributed by atoms with Crippen LogP contribution in [-0.2, 0) is 55.1 Å². The van der Waals surface area contributed by atoms with Crippen molar-refractivity contribution >= 4 is 64.8 Å². The largest absolute Gasteiger partial charge is 0.287 e. The molecule has 134 heavy (non-hydrogen) atoms. The number of hydrogen-bond donors (Lipinski definition) is 0. The van der Waals surface area contributed by atoms with Gasteiger partial charge in [-0.25, -0.2) is 27.4 Å². The third kappa shape index (κ3) is 21.9. The summed E-state index contributed by atoms with van der Waals surface area (Å²) in [5, 5.41) is 13.1. The van der Waals surface area contributed by atoms with E-state index in [-0.39, 0.29) is 5.92 Å². The fourth-order valence-corrected chi connectivity index (χ4v) is 19.3. The highest BCUT2D eigenvalue weighted by Crippen LogP contribution is 2.39. The van der Waals surface area contributed by atoms with Gasteiger partial charge in [0.25, 0.3) is 6.33 Å². The molecule has 0 aliphatic heterocycles. The number of benzene rings is 12. The molecule has 0 saturated carbocycles. The van der Waals surface area contributed by atoms with Crippen molar-refractivity contribution in [3.63, 3.8) is 0 Å². The molecule has 0 aliphatic rings. The second-order valence-corrected chi connectivity index (χ2v) is 39.1. The second-order valence-electron chi connectivity index (χ2n) is 39.1. The summed E-state index contributed by atoms with van der Waals surface area (Å²) in [6.07, 6.45) is 12.2. The third-order valence-corrected chi connectivity index (χ3v) is 27.1. The molecular weight excluding hydrogens is 1620 g/mol. The molecular formula is C127H147N7+6. The van der Waals surface area contributed by atoms with Gasteiger partial charge in [-0.1, -0.05) is 204 Å². The van der Waals surface area contributed by atoms with E-state index in [0.29, 0.717) is 11.5 Å². The Morgan fingerprint density at radius 2 is 0.545 bits per heavy atom. The monoisotopic (exact) mass is 1780 g/mol. The van der Waals surface area contributed by atoms with E-state index in [1.807, 2.05) is 83.7 Å². The summed E-state index contributed by atoms with van der Waals surface area (Å²) in [7, 11) is 12.5. The predicted octanol–water partition coefficient (Wildman–Crippen LogP) is 29.6. The predicted molar refractivity (Wildman–Crippen MR) is 572 cm³/mol. The van der Waals surface area contributed by atoms with Crippen molar-refractivity contribution in [1.82, 2.24) is 4.98 Å². The molecule has 6 heterocycles. The first kappa shape index (κ1) is 88.9. The number of aromatic nitrogens is 7. The Morgan fingerprint density at radius 3 is 0.873 bits per heavy atom. The van der Waals surface area contributed by atoms with Crippen molar-refractivity contribution in [2.45, 2.75) is 205 Å². The summed E-state index contributed by atoms with van der Waals surface area (Å²) >= 11 is 0. The van der Waals surface area contributed by atoms with Gasteiger partial charge in [0, 0.05) is 45.5 Å². The van der Waals surface area contributed by atoms with Gasteiger partial charge in [0.1, 0.15) is 40.9 Å². The summed E-state index contributed by atoms with van der Waals surface area (Å²) in [4.78, 5) is 4.50. The molecule has 684 valence electrons. The molecule has 6 aromatic heterocycles. The van der Waals surface area contributed by atoms with Crippen LogP contribution in [-0.4, -0.2) is 4.98 Å². The third-order valence-electron chi connectivity index (χ3n) is 27.1. The Balaban J connectivity index is 0.000000143. The molecule has 0 saturated heterocycles. The number of nitrogens with zero attached hydrogens (tertiary/aromatic N) is 7. The van der Waals surface area contributed by atoms with Crippen molar-refractivity contribution in [3.8, 4) is 67.5 Å². The summed E-state index contributed by atoms with van der Waals surface area (Å²) in [5.74, 6) is -1.61. The fraction of sp³-hybridized carbons (Fsp3) is 0.299. The van der Waals surface area contributed by atoms with Gasteiger partial charge in [-0.05, 0) is 361 Å². The molecule has 0 radical (unpaired) electrons. The minimum atomic E-state index is -2.38. The van der Waals surface area contributed by atoms with E-state index >= 15 is 0 Å². The lowest BCUT2D eigenvalue weighted by molar-refractivity contribution is -0.662.